The highest BCUT2D eigenvalue weighted by atomic mass is 35.5. The molecule has 0 aliphatic heterocycles. The van der Waals surface area contributed by atoms with E-state index in [0.29, 0.717) is 11.8 Å². The lowest BCUT2D eigenvalue weighted by Gasteiger charge is -2.23. The van der Waals surface area contributed by atoms with Gasteiger partial charge in [0.2, 0.25) is 0 Å². The molecule has 0 saturated carbocycles. The third kappa shape index (κ3) is 4.91. The lowest BCUT2D eigenvalue weighted by atomic mass is 10.0. The Balaban J connectivity index is 2.55. The Morgan fingerprint density at radius 1 is 1.22 bits per heavy atom. The number of alkyl halides is 3. The van der Waals surface area contributed by atoms with Gasteiger partial charge in [-0.05, 0) is 12.3 Å². The Morgan fingerprint density at radius 3 is 2.33 bits per heavy atom. The highest BCUT2D eigenvalue weighted by Gasteiger charge is 2.31. The minimum atomic E-state index is -2.86. The first-order chi connectivity index (χ1) is 8.45. The SMILES string of the molecule is CC(C)CC(CCl)NCC(F)(F)c1ccccc1. The molecular formula is C14H20ClF2N. The molecule has 1 rings (SSSR count). The zero-order chi connectivity index (χ0) is 13.6. The largest absolute Gasteiger partial charge is 0.307 e. The lowest BCUT2D eigenvalue weighted by molar-refractivity contribution is -0.00568. The molecule has 0 aromatic heterocycles. The number of benzene rings is 1. The van der Waals surface area contributed by atoms with Crippen molar-refractivity contribution in [3.05, 3.63) is 35.9 Å². The summed E-state index contributed by atoms with van der Waals surface area (Å²) in [5.74, 6) is -2.07. The molecule has 1 unspecified atom stereocenters. The van der Waals surface area contributed by atoms with Crippen LogP contribution in [0.1, 0.15) is 25.8 Å². The highest BCUT2D eigenvalue weighted by molar-refractivity contribution is 6.18. The summed E-state index contributed by atoms with van der Waals surface area (Å²) in [4.78, 5) is 0. The van der Waals surface area contributed by atoms with E-state index in [9.17, 15) is 8.78 Å². The van der Waals surface area contributed by atoms with Crippen molar-refractivity contribution in [2.75, 3.05) is 12.4 Å². The van der Waals surface area contributed by atoms with Crippen LogP contribution >= 0.6 is 11.6 Å². The van der Waals surface area contributed by atoms with Crippen molar-refractivity contribution in [1.29, 1.82) is 0 Å². The summed E-state index contributed by atoms with van der Waals surface area (Å²) in [5, 5.41) is 2.86. The Labute approximate surface area is 113 Å². The fourth-order valence-electron chi connectivity index (χ4n) is 1.83. The highest BCUT2D eigenvalue weighted by Crippen LogP contribution is 2.27. The normalized spacial score (nSPS) is 13.9. The number of hydrogen-bond acceptors (Lipinski definition) is 1. The van der Waals surface area contributed by atoms with Gasteiger partial charge in [0.1, 0.15) is 0 Å². The Hall–Kier alpha value is -0.670. The molecule has 1 nitrogen and oxygen atoms in total. The summed E-state index contributed by atoms with van der Waals surface area (Å²) in [6, 6.07) is 7.79. The molecule has 0 spiro atoms. The van der Waals surface area contributed by atoms with Crippen LogP contribution in [0, 0.1) is 5.92 Å². The summed E-state index contributed by atoms with van der Waals surface area (Å²) in [6.07, 6.45) is 0.800. The van der Waals surface area contributed by atoms with E-state index >= 15 is 0 Å². The topological polar surface area (TPSA) is 12.0 Å². The van der Waals surface area contributed by atoms with Crippen LogP contribution in [0.4, 0.5) is 8.78 Å². The molecule has 4 heteroatoms. The summed E-state index contributed by atoms with van der Waals surface area (Å²) in [5.41, 5.74) is 0.0374. The predicted octanol–water partition coefficient (Wildman–Crippen LogP) is 4.02. The van der Waals surface area contributed by atoms with Gasteiger partial charge in [-0.3, -0.25) is 0 Å². The monoisotopic (exact) mass is 275 g/mol. The van der Waals surface area contributed by atoms with Gasteiger partial charge in [0, 0.05) is 17.5 Å². The van der Waals surface area contributed by atoms with E-state index in [2.05, 4.69) is 19.2 Å². The Kier molecular flexibility index (Phi) is 6.03. The van der Waals surface area contributed by atoms with Crippen LogP contribution in [0.15, 0.2) is 30.3 Å². The maximum atomic E-state index is 13.9. The minimum absolute atomic E-state index is 0.0374. The van der Waals surface area contributed by atoms with Gasteiger partial charge in [-0.2, -0.15) is 8.78 Å². The van der Waals surface area contributed by atoms with Gasteiger partial charge >= 0.3 is 0 Å². The summed E-state index contributed by atoms with van der Waals surface area (Å²) in [6.45, 7) is 3.73. The molecule has 1 aromatic carbocycles. The molecule has 1 N–H and O–H groups in total. The van der Waals surface area contributed by atoms with Crippen molar-refractivity contribution >= 4 is 11.6 Å². The van der Waals surface area contributed by atoms with E-state index in [1.54, 1.807) is 18.2 Å². The van der Waals surface area contributed by atoms with E-state index in [-0.39, 0.29) is 18.2 Å². The van der Waals surface area contributed by atoms with Crippen LogP contribution in [-0.2, 0) is 5.92 Å². The fraction of sp³-hybridized carbons (Fsp3) is 0.571. The molecule has 1 aromatic rings. The first-order valence-electron chi connectivity index (χ1n) is 6.18. The summed E-state index contributed by atoms with van der Waals surface area (Å²) in [7, 11) is 0. The maximum Gasteiger partial charge on any atom is 0.285 e. The predicted molar refractivity (Wildman–Crippen MR) is 72.3 cm³/mol. The summed E-state index contributed by atoms with van der Waals surface area (Å²) < 4.78 is 27.8. The second kappa shape index (κ2) is 7.05. The minimum Gasteiger partial charge on any atom is -0.307 e. The van der Waals surface area contributed by atoms with Gasteiger partial charge in [-0.15, -0.1) is 11.6 Å². The fourth-order valence-corrected chi connectivity index (χ4v) is 2.06. The lowest BCUT2D eigenvalue weighted by Crippen LogP contribution is -2.39. The molecule has 0 radical (unpaired) electrons. The number of nitrogens with one attached hydrogen (secondary N) is 1. The molecule has 0 heterocycles. The third-order valence-electron chi connectivity index (χ3n) is 2.75. The first kappa shape index (κ1) is 15.4. The van der Waals surface area contributed by atoms with Gasteiger partial charge in [-0.1, -0.05) is 44.2 Å². The van der Waals surface area contributed by atoms with Crippen LogP contribution < -0.4 is 5.32 Å². The van der Waals surface area contributed by atoms with E-state index < -0.39 is 5.92 Å². The molecule has 0 aliphatic carbocycles. The molecule has 1 atom stereocenters. The molecule has 0 amide bonds. The quantitative estimate of drug-likeness (QED) is 0.741. The molecule has 102 valence electrons. The molecule has 0 aliphatic rings. The third-order valence-corrected chi connectivity index (χ3v) is 3.12. The maximum absolute atomic E-state index is 13.9. The van der Waals surface area contributed by atoms with Gasteiger partial charge in [0.05, 0.1) is 6.54 Å². The number of rotatable bonds is 7. The molecule has 0 saturated heterocycles. The number of hydrogen-bond donors (Lipinski definition) is 1. The first-order valence-corrected chi connectivity index (χ1v) is 6.72. The van der Waals surface area contributed by atoms with E-state index in [1.165, 1.54) is 12.1 Å². The zero-order valence-electron chi connectivity index (χ0n) is 10.8. The van der Waals surface area contributed by atoms with E-state index in [1.807, 2.05) is 0 Å². The Morgan fingerprint density at radius 2 is 1.83 bits per heavy atom. The van der Waals surface area contributed by atoms with Crippen molar-refractivity contribution in [3.8, 4) is 0 Å². The molecule has 0 bridgehead atoms. The van der Waals surface area contributed by atoms with Crippen LogP contribution in [0.2, 0.25) is 0 Å². The van der Waals surface area contributed by atoms with Crippen LogP contribution in [0.5, 0.6) is 0 Å². The van der Waals surface area contributed by atoms with Crippen molar-refractivity contribution in [2.45, 2.75) is 32.2 Å². The average molecular weight is 276 g/mol. The van der Waals surface area contributed by atoms with Crippen molar-refractivity contribution in [3.63, 3.8) is 0 Å². The molecular weight excluding hydrogens is 256 g/mol. The van der Waals surface area contributed by atoms with Crippen molar-refractivity contribution in [2.24, 2.45) is 5.92 Å². The van der Waals surface area contributed by atoms with E-state index in [0.717, 1.165) is 6.42 Å². The number of halogens is 3. The smallest absolute Gasteiger partial charge is 0.285 e. The van der Waals surface area contributed by atoms with Crippen LogP contribution in [0.25, 0.3) is 0 Å². The van der Waals surface area contributed by atoms with Crippen molar-refractivity contribution in [1.82, 2.24) is 5.32 Å². The van der Waals surface area contributed by atoms with Gasteiger partial charge in [0.25, 0.3) is 5.92 Å². The summed E-state index contributed by atoms with van der Waals surface area (Å²) >= 11 is 5.78. The Bertz CT molecular complexity index is 341. The van der Waals surface area contributed by atoms with Gasteiger partial charge in [0.15, 0.2) is 0 Å². The van der Waals surface area contributed by atoms with Crippen LogP contribution in [-0.4, -0.2) is 18.5 Å². The van der Waals surface area contributed by atoms with Crippen LogP contribution in [0.3, 0.4) is 0 Å². The van der Waals surface area contributed by atoms with Gasteiger partial charge < -0.3 is 5.32 Å². The zero-order valence-corrected chi connectivity index (χ0v) is 11.6. The van der Waals surface area contributed by atoms with Crippen molar-refractivity contribution < 1.29 is 8.78 Å². The van der Waals surface area contributed by atoms with Gasteiger partial charge in [-0.25, -0.2) is 0 Å². The standard InChI is InChI=1S/C14H20ClF2N/c1-11(2)8-13(9-15)18-10-14(16,17)12-6-4-3-5-7-12/h3-7,11,13,18H,8-10H2,1-2H3. The second-order valence-corrected chi connectivity index (χ2v) is 5.24. The average Bonchev–Trinajstić information content (AvgIpc) is 2.35. The molecule has 0 fully saturated rings. The second-order valence-electron chi connectivity index (χ2n) is 4.93. The molecule has 18 heavy (non-hydrogen) atoms. The van der Waals surface area contributed by atoms with E-state index in [4.69, 9.17) is 11.6 Å².